The molecule has 0 atom stereocenters. The Kier molecular flexibility index (Phi) is 5.51. The number of aliphatic imine (C=N–C) groups is 1. The fraction of sp³-hybridized carbons (Fsp3) is 0.438. The van der Waals surface area contributed by atoms with Crippen LogP contribution in [0.4, 0.5) is 0 Å². The van der Waals surface area contributed by atoms with Gasteiger partial charge in [-0.25, -0.2) is 0 Å². The van der Waals surface area contributed by atoms with Gasteiger partial charge in [-0.15, -0.1) is 0 Å². The zero-order chi connectivity index (χ0) is 15.2. The number of aromatic amines is 1. The second-order valence-corrected chi connectivity index (χ2v) is 6.07. The van der Waals surface area contributed by atoms with E-state index in [1.165, 1.54) is 10.9 Å². The molecule has 2 rings (SSSR count). The first-order valence-corrected chi connectivity index (χ1v) is 7.73. The van der Waals surface area contributed by atoms with Gasteiger partial charge in [-0.05, 0) is 42.5 Å². The summed E-state index contributed by atoms with van der Waals surface area (Å²) in [6, 6.07) is 5.88. The first kappa shape index (κ1) is 15.7. The van der Waals surface area contributed by atoms with E-state index >= 15 is 0 Å². The SMILES string of the molecule is CC(C)CCN=C(N)NCCc1c[nH]c2ccc(Cl)cc12. The average molecular weight is 307 g/mol. The highest BCUT2D eigenvalue weighted by molar-refractivity contribution is 6.31. The quantitative estimate of drug-likeness (QED) is 0.566. The number of H-pyrrole nitrogens is 1. The second-order valence-electron chi connectivity index (χ2n) is 5.63. The lowest BCUT2D eigenvalue weighted by atomic mass is 10.1. The van der Waals surface area contributed by atoms with E-state index < -0.39 is 0 Å². The Bertz CT molecular complexity index is 616. The minimum Gasteiger partial charge on any atom is -0.370 e. The molecule has 0 saturated heterocycles. The second kappa shape index (κ2) is 7.36. The number of guanidine groups is 1. The van der Waals surface area contributed by atoms with Crippen molar-refractivity contribution in [3.63, 3.8) is 0 Å². The highest BCUT2D eigenvalue weighted by Gasteiger charge is 2.04. The van der Waals surface area contributed by atoms with Crippen LogP contribution in [0.25, 0.3) is 10.9 Å². The van der Waals surface area contributed by atoms with Crippen molar-refractivity contribution in [1.82, 2.24) is 10.3 Å². The minimum atomic E-state index is 0.522. The standard InChI is InChI=1S/C16H23ClN4/c1-11(2)5-7-19-16(18)20-8-6-12-10-21-15-4-3-13(17)9-14(12)15/h3-4,9-11,21H,5-8H2,1-2H3,(H3,18,19,20). The maximum atomic E-state index is 6.05. The first-order valence-electron chi connectivity index (χ1n) is 7.35. The van der Waals surface area contributed by atoms with Crippen LogP contribution in [0.2, 0.25) is 5.02 Å². The van der Waals surface area contributed by atoms with Crippen molar-refractivity contribution >= 4 is 28.5 Å². The third-order valence-corrected chi connectivity index (χ3v) is 3.65. The molecule has 0 aliphatic heterocycles. The van der Waals surface area contributed by atoms with Crippen LogP contribution in [-0.4, -0.2) is 24.0 Å². The molecule has 0 aliphatic carbocycles. The van der Waals surface area contributed by atoms with E-state index in [9.17, 15) is 0 Å². The molecular weight excluding hydrogens is 284 g/mol. The topological polar surface area (TPSA) is 66.2 Å². The molecule has 21 heavy (non-hydrogen) atoms. The van der Waals surface area contributed by atoms with E-state index in [1.807, 2.05) is 24.4 Å². The molecular formula is C16H23ClN4. The number of hydrogen-bond acceptors (Lipinski definition) is 1. The molecule has 114 valence electrons. The molecule has 0 amide bonds. The highest BCUT2D eigenvalue weighted by Crippen LogP contribution is 2.22. The van der Waals surface area contributed by atoms with Crippen LogP contribution < -0.4 is 11.1 Å². The minimum absolute atomic E-state index is 0.522. The third kappa shape index (κ3) is 4.67. The number of hydrogen-bond donors (Lipinski definition) is 3. The molecule has 5 heteroatoms. The van der Waals surface area contributed by atoms with Gasteiger partial charge in [-0.2, -0.15) is 0 Å². The fourth-order valence-corrected chi connectivity index (χ4v) is 2.35. The molecule has 4 N–H and O–H groups in total. The molecule has 0 bridgehead atoms. The molecule has 0 unspecified atom stereocenters. The number of rotatable bonds is 6. The molecule has 1 aromatic carbocycles. The van der Waals surface area contributed by atoms with Crippen molar-refractivity contribution < 1.29 is 0 Å². The number of nitrogens with one attached hydrogen (secondary N) is 2. The number of halogens is 1. The smallest absolute Gasteiger partial charge is 0.188 e. The summed E-state index contributed by atoms with van der Waals surface area (Å²) >= 11 is 6.05. The van der Waals surface area contributed by atoms with Crippen LogP contribution in [0.3, 0.4) is 0 Å². The lowest BCUT2D eigenvalue weighted by Crippen LogP contribution is -2.33. The van der Waals surface area contributed by atoms with Gasteiger partial charge < -0.3 is 16.0 Å². The van der Waals surface area contributed by atoms with Crippen LogP contribution in [0.5, 0.6) is 0 Å². The van der Waals surface area contributed by atoms with Gasteiger partial charge in [-0.3, -0.25) is 4.99 Å². The van der Waals surface area contributed by atoms with E-state index in [-0.39, 0.29) is 0 Å². The van der Waals surface area contributed by atoms with Crippen molar-refractivity contribution in [2.24, 2.45) is 16.6 Å². The largest absolute Gasteiger partial charge is 0.370 e. The Morgan fingerprint density at radius 2 is 2.24 bits per heavy atom. The van der Waals surface area contributed by atoms with Crippen LogP contribution >= 0.6 is 11.6 Å². The molecule has 0 aliphatic rings. The van der Waals surface area contributed by atoms with Gasteiger partial charge in [0.05, 0.1) is 0 Å². The summed E-state index contributed by atoms with van der Waals surface area (Å²) in [6.45, 7) is 5.90. The van der Waals surface area contributed by atoms with Gasteiger partial charge in [0.25, 0.3) is 0 Å². The molecule has 4 nitrogen and oxygen atoms in total. The van der Waals surface area contributed by atoms with Crippen molar-refractivity contribution in [1.29, 1.82) is 0 Å². The van der Waals surface area contributed by atoms with Gasteiger partial charge in [0.15, 0.2) is 5.96 Å². The lowest BCUT2D eigenvalue weighted by Gasteiger charge is -2.06. The average Bonchev–Trinajstić information content (AvgIpc) is 2.81. The van der Waals surface area contributed by atoms with Crippen molar-refractivity contribution in [3.8, 4) is 0 Å². The van der Waals surface area contributed by atoms with Gasteiger partial charge in [0.2, 0.25) is 0 Å². The molecule has 0 saturated carbocycles. The van der Waals surface area contributed by atoms with Crippen LogP contribution in [0, 0.1) is 5.92 Å². The predicted octanol–water partition coefficient (Wildman–Crippen LogP) is 3.31. The summed E-state index contributed by atoms with van der Waals surface area (Å²) in [5.74, 6) is 1.17. The van der Waals surface area contributed by atoms with E-state index in [0.717, 1.165) is 36.5 Å². The van der Waals surface area contributed by atoms with Crippen molar-refractivity contribution in [2.45, 2.75) is 26.7 Å². The number of nitrogens with zero attached hydrogens (tertiary/aromatic N) is 1. The van der Waals surface area contributed by atoms with Crippen LogP contribution in [0.15, 0.2) is 29.4 Å². The van der Waals surface area contributed by atoms with E-state index in [0.29, 0.717) is 11.9 Å². The Morgan fingerprint density at radius 3 is 3.00 bits per heavy atom. The molecule has 2 aromatic rings. The van der Waals surface area contributed by atoms with E-state index in [1.54, 1.807) is 0 Å². The summed E-state index contributed by atoms with van der Waals surface area (Å²) in [4.78, 5) is 7.57. The van der Waals surface area contributed by atoms with Crippen LogP contribution in [0.1, 0.15) is 25.8 Å². The Labute approximate surface area is 130 Å². The molecule has 1 aromatic heterocycles. The number of fused-ring (bicyclic) bond motifs is 1. The molecule has 0 radical (unpaired) electrons. The van der Waals surface area contributed by atoms with Gasteiger partial charge >= 0.3 is 0 Å². The molecule has 0 spiro atoms. The fourth-order valence-electron chi connectivity index (χ4n) is 2.18. The Hall–Kier alpha value is -1.68. The summed E-state index contributed by atoms with van der Waals surface area (Å²) in [5.41, 5.74) is 8.18. The maximum Gasteiger partial charge on any atom is 0.188 e. The molecule has 0 fully saturated rings. The monoisotopic (exact) mass is 306 g/mol. The van der Waals surface area contributed by atoms with Gasteiger partial charge in [0, 0.05) is 35.2 Å². The zero-order valence-electron chi connectivity index (χ0n) is 12.6. The van der Waals surface area contributed by atoms with Crippen molar-refractivity contribution in [2.75, 3.05) is 13.1 Å². The summed E-state index contributed by atoms with van der Waals surface area (Å²) in [7, 11) is 0. The zero-order valence-corrected chi connectivity index (χ0v) is 13.4. The van der Waals surface area contributed by atoms with E-state index in [2.05, 4.69) is 29.1 Å². The van der Waals surface area contributed by atoms with Gasteiger partial charge in [0.1, 0.15) is 0 Å². The number of benzene rings is 1. The summed E-state index contributed by atoms with van der Waals surface area (Å²) in [5, 5.41) is 5.08. The Balaban J connectivity index is 1.86. The first-order chi connectivity index (χ1) is 10.1. The molecule has 1 heterocycles. The lowest BCUT2D eigenvalue weighted by molar-refractivity contribution is 0.595. The number of aromatic nitrogens is 1. The predicted molar refractivity (Wildman–Crippen MR) is 91.0 cm³/mol. The van der Waals surface area contributed by atoms with Crippen molar-refractivity contribution in [3.05, 3.63) is 35.0 Å². The number of nitrogens with two attached hydrogens (primary N) is 1. The van der Waals surface area contributed by atoms with Gasteiger partial charge in [-0.1, -0.05) is 25.4 Å². The van der Waals surface area contributed by atoms with E-state index in [4.69, 9.17) is 17.3 Å². The van der Waals surface area contributed by atoms with Crippen LogP contribution in [-0.2, 0) is 6.42 Å². The summed E-state index contributed by atoms with van der Waals surface area (Å²) < 4.78 is 0. The normalized spacial score (nSPS) is 12.3. The maximum absolute atomic E-state index is 6.05. The third-order valence-electron chi connectivity index (χ3n) is 3.42. The Morgan fingerprint density at radius 1 is 1.43 bits per heavy atom. The highest BCUT2D eigenvalue weighted by atomic mass is 35.5. The summed E-state index contributed by atoms with van der Waals surface area (Å²) in [6.07, 6.45) is 3.96.